The van der Waals surface area contributed by atoms with Gasteiger partial charge < -0.3 is 15.6 Å². The summed E-state index contributed by atoms with van der Waals surface area (Å²) in [6.45, 7) is 0. The molecule has 0 amide bonds. The average molecular weight is 230 g/mol. The predicted octanol–water partition coefficient (Wildman–Crippen LogP) is 1.56. The SMILES string of the molecule is Nc1cc(S(=O)O)c(F)cc1NC1CC1. The second-order valence-electron chi connectivity index (χ2n) is 3.54. The Morgan fingerprint density at radius 1 is 1.53 bits per heavy atom. The summed E-state index contributed by atoms with van der Waals surface area (Å²) >= 11 is -2.34. The van der Waals surface area contributed by atoms with Crippen molar-refractivity contribution in [2.24, 2.45) is 0 Å². The van der Waals surface area contributed by atoms with Gasteiger partial charge in [0.1, 0.15) is 10.7 Å². The summed E-state index contributed by atoms with van der Waals surface area (Å²) in [5.41, 5.74) is 6.41. The number of hydrogen-bond acceptors (Lipinski definition) is 3. The number of hydrogen-bond donors (Lipinski definition) is 3. The lowest BCUT2D eigenvalue weighted by Crippen LogP contribution is -2.06. The fraction of sp³-hybridized carbons (Fsp3) is 0.333. The molecule has 4 N–H and O–H groups in total. The zero-order valence-electron chi connectivity index (χ0n) is 7.87. The van der Waals surface area contributed by atoms with Gasteiger partial charge in [-0.15, -0.1) is 0 Å². The lowest BCUT2D eigenvalue weighted by atomic mass is 10.2. The first kappa shape index (κ1) is 10.4. The zero-order valence-corrected chi connectivity index (χ0v) is 8.68. The van der Waals surface area contributed by atoms with Crippen LogP contribution in [0.15, 0.2) is 17.0 Å². The van der Waals surface area contributed by atoms with Gasteiger partial charge in [0, 0.05) is 12.1 Å². The summed E-state index contributed by atoms with van der Waals surface area (Å²) in [6.07, 6.45) is 2.10. The Bertz CT molecular complexity index is 421. The molecule has 1 saturated carbocycles. The zero-order chi connectivity index (χ0) is 11.0. The average Bonchev–Trinajstić information content (AvgIpc) is 2.94. The fourth-order valence-electron chi connectivity index (χ4n) is 1.28. The molecule has 15 heavy (non-hydrogen) atoms. The molecule has 1 unspecified atom stereocenters. The van der Waals surface area contributed by atoms with Crippen LogP contribution in [0.2, 0.25) is 0 Å². The monoisotopic (exact) mass is 230 g/mol. The lowest BCUT2D eigenvalue weighted by molar-refractivity contribution is 0.545. The van der Waals surface area contributed by atoms with Crippen molar-refractivity contribution in [2.75, 3.05) is 11.1 Å². The van der Waals surface area contributed by atoms with E-state index in [0.29, 0.717) is 17.4 Å². The van der Waals surface area contributed by atoms with Crippen LogP contribution in [-0.4, -0.2) is 14.8 Å². The maximum Gasteiger partial charge on any atom is 0.189 e. The van der Waals surface area contributed by atoms with E-state index in [0.717, 1.165) is 18.9 Å². The van der Waals surface area contributed by atoms with Gasteiger partial charge in [0.15, 0.2) is 11.1 Å². The Morgan fingerprint density at radius 2 is 2.20 bits per heavy atom. The minimum Gasteiger partial charge on any atom is -0.397 e. The van der Waals surface area contributed by atoms with Crippen LogP contribution >= 0.6 is 0 Å². The van der Waals surface area contributed by atoms with Crippen LogP contribution in [0.5, 0.6) is 0 Å². The van der Waals surface area contributed by atoms with E-state index in [-0.39, 0.29) is 4.90 Å². The Hall–Kier alpha value is -1.14. The van der Waals surface area contributed by atoms with Crippen LogP contribution < -0.4 is 11.1 Å². The highest BCUT2D eigenvalue weighted by molar-refractivity contribution is 7.79. The Balaban J connectivity index is 2.32. The van der Waals surface area contributed by atoms with Crippen molar-refractivity contribution in [1.29, 1.82) is 0 Å². The molecule has 0 radical (unpaired) electrons. The minimum atomic E-state index is -2.34. The van der Waals surface area contributed by atoms with Crippen LogP contribution in [-0.2, 0) is 11.1 Å². The summed E-state index contributed by atoms with van der Waals surface area (Å²) < 4.78 is 32.8. The molecule has 0 saturated heterocycles. The molecule has 1 aliphatic carbocycles. The van der Waals surface area contributed by atoms with Crippen LogP contribution in [0, 0.1) is 5.82 Å². The van der Waals surface area contributed by atoms with E-state index in [1.165, 1.54) is 6.07 Å². The number of benzene rings is 1. The smallest absolute Gasteiger partial charge is 0.189 e. The summed E-state index contributed by atoms with van der Waals surface area (Å²) in [4.78, 5) is -0.283. The van der Waals surface area contributed by atoms with Crippen molar-refractivity contribution < 1.29 is 13.2 Å². The quantitative estimate of drug-likeness (QED) is 0.544. The molecule has 0 aliphatic heterocycles. The molecule has 0 heterocycles. The van der Waals surface area contributed by atoms with Crippen LogP contribution in [0.4, 0.5) is 15.8 Å². The molecule has 1 aromatic rings. The van der Waals surface area contributed by atoms with E-state index in [9.17, 15) is 8.60 Å². The number of rotatable bonds is 3. The van der Waals surface area contributed by atoms with Crippen LogP contribution in [0.25, 0.3) is 0 Å². The summed E-state index contributed by atoms with van der Waals surface area (Å²) in [7, 11) is 0. The van der Waals surface area contributed by atoms with E-state index in [4.69, 9.17) is 10.3 Å². The molecule has 1 aromatic carbocycles. The first-order valence-electron chi connectivity index (χ1n) is 4.54. The molecule has 0 bridgehead atoms. The molecule has 1 aliphatic rings. The van der Waals surface area contributed by atoms with Crippen molar-refractivity contribution in [2.45, 2.75) is 23.8 Å². The summed E-state index contributed by atoms with van der Waals surface area (Å²) in [5, 5.41) is 3.05. The van der Waals surface area contributed by atoms with Crippen molar-refractivity contribution in [3.63, 3.8) is 0 Å². The van der Waals surface area contributed by atoms with Gasteiger partial charge >= 0.3 is 0 Å². The fourth-order valence-corrected chi connectivity index (χ4v) is 1.73. The van der Waals surface area contributed by atoms with Crippen molar-refractivity contribution in [1.82, 2.24) is 0 Å². The van der Waals surface area contributed by atoms with Gasteiger partial charge in [0.25, 0.3) is 0 Å². The van der Waals surface area contributed by atoms with Gasteiger partial charge in [-0.05, 0) is 18.9 Å². The molecule has 0 aromatic heterocycles. The predicted molar refractivity (Wildman–Crippen MR) is 56.5 cm³/mol. The molecular formula is C9H11FN2O2S. The number of anilines is 2. The van der Waals surface area contributed by atoms with E-state index in [1.807, 2.05) is 0 Å². The number of nitrogen functional groups attached to an aromatic ring is 1. The number of nitrogens with two attached hydrogens (primary N) is 1. The van der Waals surface area contributed by atoms with Crippen molar-refractivity contribution in [3.05, 3.63) is 17.9 Å². The van der Waals surface area contributed by atoms with Crippen LogP contribution in [0.3, 0.4) is 0 Å². The summed E-state index contributed by atoms with van der Waals surface area (Å²) in [6, 6.07) is 2.71. The highest BCUT2D eigenvalue weighted by atomic mass is 32.2. The van der Waals surface area contributed by atoms with Gasteiger partial charge in [-0.3, -0.25) is 0 Å². The minimum absolute atomic E-state index is 0.283. The first-order chi connectivity index (χ1) is 7.08. The number of halogens is 1. The molecule has 82 valence electrons. The lowest BCUT2D eigenvalue weighted by Gasteiger charge is -2.09. The highest BCUT2D eigenvalue weighted by Gasteiger charge is 2.22. The standard InChI is InChI=1S/C9H11FN2O2S/c10-6-3-8(12-5-1-2-5)7(11)4-9(6)15(13)14/h3-5,12H,1-2,11H2,(H,13,14). The molecule has 2 rings (SSSR count). The van der Waals surface area contributed by atoms with Gasteiger partial charge in [-0.2, -0.15) is 0 Å². The molecular weight excluding hydrogens is 219 g/mol. The molecule has 1 atom stereocenters. The molecule has 6 heteroatoms. The third-order valence-electron chi connectivity index (χ3n) is 2.23. The second kappa shape index (κ2) is 3.79. The maximum atomic E-state index is 13.3. The topological polar surface area (TPSA) is 75.4 Å². The second-order valence-corrected chi connectivity index (χ2v) is 4.48. The Morgan fingerprint density at radius 3 is 2.73 bits per heavy atom. The molecule has 4 nitrogen and oxygen atoms in total. The molecule has 0 spiro atoms. The highest BCUT2D eigenvalue weighted by Crippen LogP contribution is 2.30. The van der Waals surface area contributed by atoms with E-state index in [2.05, 4.69) is 5.32 Å². The van der Waals surface area contributed by atoms with E-state index < -0.39 is 16.9 Å². The van der Waals surface area contributed by atoms with Gasteiger partial charge in [-0.25, -0.2) is 8.60 Å². The third kappa shape index (κ3) is 2.27. The largest absolute Gasteiger partial charge is 0.397 e. The van der Waals surface area contributed by atoms with Crippen molar-refractivity contribution >= 4 is 22.5 Å². The molecule has 1 fully saturated rings. The van der Waals surface area contributed by atoms with E-state index >= 15 is 0 Å². The van der Waals surface area contributed by atoms with Crippen LogP contribution in [0.1, 0.15) is 12.8 Å². The Kier molecular flexibility index (Phi) is 2.62. The van der Waals surface area contributed by atoms with Crippen molar-refractivity contribution in [3.8, 4) is 0 Å². The Labute approximate surface area is 89.0 Å². The number of nitrogens with one attached hydrogen (secondary N) is 1. The third-order valence-corrected chi connectivity index (χ3v) is 2.92. The van der Waals surface area contributed by atoms with Gasteiger partial charge in [-0.1, -0.05) is 0 Å². The normalized spacial score (nSPS) is 17.5. The van der Waals surface area contributed by atoms with Gasteiger partial charge in [0.2, 0.25) is 0 Å². The first-order valence-corrected chi connectivity index (χ1v) is 5.65. The van der Waals surface area contributed by atoms with E-state index in [1.54, 1.807) is 0 Å². The maximum absolute atomic E-state index is 13.3. The van der Waals surface area contributed by atoms with Gasteiger partial charge in [0.05, 0.1) is 11.4 Å². The summed E-state index contributed by atoms with van der Waals surface area (Å²) in [5.74, 6) is -0.715.